The van der Waals surface area contributed by atoms with Crippen LogP contribution in [0.2, 0.25) is 0 Å². The molecule has 2 heterocycles. The lowest BCUT2D eigenvalue weighted by molar-refractivity contribution is 0.278. The van der Waals surface area contributed by atoms with Gasteiger partial charge in [0.2, 0.25) is 0 Å². The van der Waals surface area contributed by atoms with Gasteiger partial charge in [0.25, 0.3) is 0 Å². The van der Waals surface area contributed by atoms with Crippen molar-refractivity contribution in [2.45, 2.75) is 45.9 Å². The van der Waals surface area contributed by atoms with E-state index in [1.54, 1.807) is 13.1 Å². The minimum atomic E-state index is -0.107. The van der Waals surface area contributed by atoms with Crippen LogP contribution in [0.15, 0.2) is 30.5 Å². The van der Waals surface area contributed by atoms with Crippen LogP contribution in [0.5, 0.6) is 5.75 Å². The Labute approximate surface area is 149 Å². The largest absolute Gasteiger partial charge is 0.506 e. The summed E-state index contributed by atoms with van der Waals surface area (Å²) in [6, 6.07) is 9.06. The molecule has 1 saturated heterocycles. The van der Waals surface area contributed by atoms with E-state index in [9.17, 15) is 10.2 Å². The minimum Gasteiger partial charge on any atom is -0.506 e. The Morgan fingerprint density at radius 1 is 1.24 bits per heavy atom. The first-order valence-electron chi connectivity index (χ1n) is 8.90. The molecule has 1 aliphatic heterocycles. The molecule has 5 heteroatoms. The van der Waals surface area contributed by atoms with Crippen LogP contribution in [0.4, 0.5) is 5.69 Å². The quantitative estimate of drug-likeness (QED) is 0.780. The van der Waals surface area contributed by atoms with Crippen molar-refractivity contribution < 1.29 is 10.2 Å². The maximum atomic E-state index is 10.2. The van der Waals surface area contributed by atoms with Gasteiger partial charge in [-0.2, -0.15) is 0 Å². The second-order valence-electron chi connectivity index (χ2n) is 6.84. The molecule has 1 aromatic carbocycles. The van der Waals surface area contributed by atoms with Gasteiger partial charge in [0.15, 0.2) is 0 Å². The molecule has 1 aromatic heterocycles. The Kier molecular flexibility index (Phi) is 5.56. The van der Waals surface area contributed by atoms with Gasteiger partial charge in [0.05, 0.1) is 12.3 Å². The zero-order valence-electron chi connectivity index (χ0n) is 15.0. The number of piperidine rings is 1. The van der Waals surface area contributed by atoms with E-state index in [4.69, 9.17) is 0 Å². The molecular formula is C20H27N3O2. The Morgan fingerprint density at radius 2 is 2.00 bits per heavy atom. The summed E-state index contributed by atoms with van der Waals surface area (Å²) in [6.07, 6.45) is 3.77. The van der Waals surface area contributed by atoms with Crippen molar-refractivity contribution in [2.24, 2.45) is 0 Å². The number of rotatable bonds is 5. The van der Waals surface area contributed by atoms with E-state index in [2.05, 4.69) is 46.4 Å². The summed E-state index contributed by atoms with van der Waals surface area (Å²) in [5, 5.41) is 23.2. The van der Waals surface area contributed by atoms with Crippen molar-refractivity contribution in [2.75, 3.05) is 18.0 Å². The van der Waals surface area contributed by atoms with Gasteiger partial charge in [0.1, 0.15) is 5.75 Å². The molecule has 1 fully saturated rings. The number of nitrogens with one attached hydrogen (secondary N) is 1. The number of hydrogen-bond acceptors (Lipinski definition) is 5. The molecule has 2 aromatic rings. The standard InChI is InChI=1S/C20H27N3O2/c1-14-4-3-5-18(10-14)23-8-6-17(7-9-23)22-12-19-16(13-24)11-21-15(2)20(19)25/h3-5,10-11,17,22,24-25H,6-9,12-13H2,1-2H3. The van der Waals surface area contributed by atoms with Crippen molar-refractivity contribution in [1.29, 1.82) is 0 Å². The summed E-state index contributed by atoms with van der Waals surface area (Å²) >= 11 is 0. The summed E-state index contributed by atoms with van der Waals surface area (Å²) in [6.45, 7) is 6.40. The van der Waals surface area contributed by atoms with Gasteiger partial charge in [-0.15, -0.1) is 0 Å². The average molecular weight is 341 g/mol. The third kappa shape index (κ3) is 4.11. The number of pyridine rings is 1. The highest BCUT2D eigenvalue weighted by atomic mass is 16.3. The van der Waals surface area contributed by atoms with E-state index in [1.165, 1.54) is 11.3 Å². The molecule has 5 nitrogen and oxygen atoms in total. The van der Waals surface area contributed by atoms with Crippen LogP contribution in [0, 0.1) is 13.8 Å². The highest BCUT2D eigenvalue weighted by Crippen LogP contribution is 2.25. The summed E-state index contributed by atoms with van der Waals surface area (Å²) in [5.41, 5.74) is 4.63. The van der Waals surface area contributed by atoms with Crippen molar-refractivity contribution in [3.8, 4) is 5.75 Å². The molecule has 0 bridgehead atoms. The van der Waals surface area contributed by atoms with Crippen LogP contribution in [0.3, 0.4) is 0 Å². The highest BCUT2D eigenvalue weighted by molar-refractivity contribution is 5.48. The third-order valence-electron chi connectivity index (χ3n) is 5.03. The van der Waals surface area contributed by atoms with E-state index in [1.807, 2.05) is 0 Å². The number of aromatic hydroxyl groups is 1. The van der Waals surface area contributed by atoms with Crippen molar-refractivity contribution in [3.63, 3.8) is 0 Å². The first-order chi connectivity index (χ1) is 12.1. The second kappa shape index (κ2) is 7.85. The Morgan fingerprint density at radius 3 is 2.68 bits per heavy atom. The predicted octanol–water partition coefficient (Wildman–Crippen LogP) is 2.65. The van der Waals surface area contributed by atoms with Gasteiger partial charge >= 0.3 is 0 Å². The van der Waals surface area contributed by atoms with E-state index >= 15 is 0 Å². The number of anilines is 1. The second-order valence-corrected chi connectivity index (χ2v) is 6.84. The number of aliphatic hydroxyl groups is 1. The highest BCUT2D eigenvalue weighted by Gasteiger charge is 2.20. The van der Waals surface area contributed by atoms with E-state index in [0.29, 0.717) is 23.8 Å². The van der Waals surface area contributed by atoms with E-state index in [0.717, 1.165) is 31.5 Å². The van der Waals surface area contributed by atoms with Gasteiger partial charge in [-0.05, 0) is 44.4 Å². The monoisotopic (exact) mass is 341 g/mol. The molecule has 0 saturated carbocycles. The van der Waals surface area contributed by atoms with Gasteiger partial charge in [-0.3, -0.25) is 4.98 Å². The number of aromatic nitrogens is 1. The minimum absolute atomic E-state index is 0.107. The molecular weight excluding hydrogens is 314 g/mol. The van der Waals surface area contributed by atoms with Crippen LogP contribution in [-0.4, -0.2) is 34.3 Å². The number of benzene rings is 1. The molecule has 0 aliphatic carbocycles. The lowest BCUT2D eigenvalue weighted by Crippen LogP contribution is -2.42. The van der Waals surface area contributed by atoms with Gasteiger partial charge in [0, 0.05) is 48.7 Å². The summed E-state index contributed by atoms with van der Waals surface area (Å²) in [7, 11) is 0. The number of hydrogen-bond donors (Lipinski definition) is 3. The Balaban J connectivity index is 1.57. The van der Waals surface area contributed by atoms with Crippen LogP contribution < -0.4 is 10.2 Å². The Bertz CT molecular complexity index is 725. The smallest absolute Gasteiger partial charge is 0.141 e. The van der Waals surface area contributed by atoms with Crippen molar-refractivity contribution in [1.82, 2.24) is 10.3 Å². The number of aliphatic hydroxyl groups excluding tert-OH is 1. The van der Waals surface area contributed by atoms with Gasteiger partial charge in [-0.1, -0.05) is 12.1 Å². The van der Waals surface area contributed by atoms with Crippen LogP contribution in [0.1, 0.15) is 35.2 Å². The maximum absolute atomic E-state index is 10.2. The Hall–Kier alpha value is -2.11. The van der Waals surface area contributed by atoms with E-state index < -0.39 is 0 Å². The predicted molar refractivity (Wildman–Crippen MR) is 99.8 cm³/mol. The van der Waals surface area contributed by atoms with Gasteiger partial charge in [-0.25, -0.2) is 0 Å². The SMILES string of the molecule is Cc1cccc(N2CCC(NCc3c(CO)cnc(C)c3O)CC2)c1. The first kappa shape index (κ1) is 17.7. The lowest BCUT2D eigenvalue weighted by Gasteiger charge is -2.34. The topological polar surface area (TPSA) is 68.6 Å². The summed E-state index contributed by atoms with van der Waals surface area (Å²) in [4.78, 5) is 6.54. The molecule has 0 radical (unpaired) electrons. The first-order valence-corrected chi connectivity index (χ1v) is 8.90. The lowest BCUT2D eigenvalue weighted by atomic mass is 10.0. The zero-order valence-corrected chi connectivity index (χ0v) is 15.0. The fraction of sp³-hybridized carbons (Fsp3) is 0.450. The van der Waals surface area contributed by atoms with Gasteiger partial charge < -0.3 is 20.4 Å². The molecule has 0 spiro atoms. The summed E-state index contributed by atoms with van der Waals surface area (Å²) in [5.74, 6) is 0.191. The molecule has 0 unspecified atom stereocenters. The molecule has 1 aliphatic rings. The van der Waals surface area contributed by atoms with Crippen molar-refractivity contribution >= 4 is 5.69 Å². The number of nitrogens with zero attached hydrogens (tertiary/aromatic N) is 2. The van der Waals surface area contributed by atoms with Crippen LogP contribution >= 0.6 is 0 Å². The maximum Gasteiger partial charge on any atom is 0.141 e. The average Bonchev–Trinajstić information content (AvgIpc) is 2.63. The van der Waals surface area contributed by atoms with Crippen LogP contribution in [-0.2, 0) is 13.2 Å². The van der Waals surface area contributed by atoms with Crippen molar-refractivity contribution in [3.05, 3.63) is 52.8 Å². The van der Waals surface area contributed by atoms with E-state index in [-0.39, 0.29) is 12.4 Å². The summed E-state index contributed by atoms with van der Waals surface area (Å²) < 4.78 is 0. The third-order valence-corrected chi connectivity index (χ3v) is 5.03. The fourth-order valence-corrected chi connectivity index (χ4v) is 3.43. The molecule has 0 amide bonds. The molecule has 3 rings (SSSR count). The molecule has 0 atom stereocenters. The molecule has 3 N–H and O–H groups in total. The number of aryl methyl sites for hydroxylation is 2. The molecule has 134 valence electrons. The normalized spacial score (nSPS) is 15.6. The fourth-order valence-electron chi connectivity index (χ4n) is 3.43. The van der Waals surface area contributed by atoms with Crippen LogP contribution in [0.25, 0.3) is 0 Å². The molecule has 25 heavy (non-hydrogen) atoms. The zero-order chi connectivity index (χ0) is 17.8.